The fourth-order valence-electron chi connectivity index (χ4n) is 2.53. The lowest BCUT2D eigenvalue weighted by Crippen LogP contribution is -2.15. The monoisotopic (exact) mass is 373 g/mol. The van der Waals surface area contributed by atoms with Crippen molar-refractivity contribution < 1.29 is 9.53 Å². The predicted octanol–water partition coefficient (Wildman–Crippen LogP) is 3.26. The van der Waals surface area contributed by atoms with E-state index in [2.05, 4.69) is 20.6 Å². The number of anilines is 2. The summed E-state index contributed by atoms with van der Waals surface area (Å²) in [4.78, 5) is 20.5. The van der Waals surface area contributed by atoms with E-state index in [1.54, 1.807) is 37.4 Å². The number of nitrogens with zero attached hydrogens (tertiary/aromatic N) is 3. The van der Waals surface area contributed by atoms with Gasteiger partial charge in [0.25, 0.3) is 5.91 Å². The summed E-state index contributed by atoms with van der Waals surface area (Å²) < 4.78 is 5.15. The van der Waals surface area contributed by atoms with E-state index in [0.29, 0.717) is 23.6 Å². The van der Waals surface area contributed by atoms with Gasteiger partial charge in [-0.25, -0.2) is 9.97 Å². The number of hydrogen-bond acceptors (Lipinski definition) is 6. The number of nitriles is 1. The fourth-order valence-corrected chi connectivity index (χ4v) is 2.53. The van der Waals surface area contributed by atoms with Crippen LogP contribution >= 0.6 is 0 Å². The van der Waals surface area contributed by atoms with Gasteiger partial charge in [-0.15, -0.1) is 0 Å². The average Bonchev–Trinajstić information content (AvgIpc) is 2.75. The van der Waals surface area contributed by atoms with Crippen molar-refractivity contribution in [1.29, 1.82) is 5.26 Å². The first-order valence-corrected chi connectivity index (χ1v) is 8.68. The molecule has 0 aliphatic rings. The Morgan fingerprint density at radius 3 is 2.54 bits per heavy atom. The molecule has 0 saturated carbocycles. The average molecular weight is 373 g/mol. The van der Waals surface area contributed by atoms with Gasteiger partial charge in [0.05, 0.1) is 18.7 Å². The highest BCUT2D eigenvalue weighted by atomic mass is 16.5. The Balaban J connectivity index is 1.56. The maximum absolute atomic E-state index is 12.4. The highest BCUT2D eigenvalue weighted by molar-refractivity contribution is 6.03. The van der Waals surface area contributed by atoms with Crippen molar-refractivity contribution in [2.75, 3.05) is 24.3 Å². The Morgan fingerprint density at radius 2 is 1.86 bits per heavy atom. The first kappa shape index (κ1) is 18.9. The Bertz CT molecular complexity index is 979. The molecule has 140 valence electrons. The third-order valence-electron chi connectivity index (χ3n) is 4.05. The molecule has 7 nitrogen and oxygen atoms in total. The van der Waals surface area contributed by atoms with E-state index in [9.17, 15) is 4.79 Å². The van der Waals surface area contributed by atoms with Crippen molar-refractivity contribution in [3.05, 3.63) is 77.7 Å². The van der Waals surface area contributed by atoms with Gasteiger partial charge in [-0.2, -0.15) is 5.26 Å². The second-order valence-electron chi connectivity index (χ2n) is 5.96. The number of methoxy groups -OCH3 is 1. The number of benzene rings is 2. The van der Waals surface area contributed by atoms with Crippen LogP contribution in [0.1, 0.15) is 21.6 Å². The molecule has 0 aliphatic heterocycles. The SMILES string of the molecule is COc1ccc(CCNc2cc(C(=O)Nc3ccc(C#N)cc3)ncn2)cc1. The minimum Gasteiger partial charge on any atom is -0.497 e. The van der Waals surface area contributed by atoms with Gasteiger partial charge in [-0.1, -0.05) is 12.1 Å². The highest BCUT2D eigenvalue weighted by Crippen LogP contribution is 2.13. The molecular weight excluding hydrogens is 354 g/mol. The molecule has 0 saturated heterocycles. The molecule has 0 atom stereocenters. The summed E-state index contributed by atoms with van der Waals surface area (Å²) in [7, 11) is 1.64. The summed E-state index contributed by atoms with van der Waals surface area (Å²) in [6, 6.07) is 18.1. The quantitative estimate of drug-likeness (QED) is 0.659. The van der Waals surface area contributed by atoms with Crippen molar-refractivity contribution in [2.45, 2.75) is 6.42 Å². The molecule has 0 radical (unpaired) electrons. The number of carbonyl (C=O) groups excluding carboxylic acids is 1. The maximum Gasteiger partial charge on any atom is 0.274 e. The molecule has 1 amide bonds. The number of nitrogens with one attached hydrogen (secondary N) is 2. The van der Waals surface area contributed by atoms with Crippen molar-refractivity contribution in [1.82, 2.24) is 9.97 Å². The fraction of sp³-hybridized carbons (Fsp3) is 0.143. The molecule has 7 heteroatoms. The van der Waals surface area contributed by atoms with Crippen LogP contribution in [0.2, 0.25) is 0 Å². The minimum atomic E-state index is -0.342. The second kappa shape index (κ2) is 9.14. The van der Waals surface area contributed by atoms with Crippen LogP contribution in [-0.2, 0) is 6.42 Å². The van der Waals surface area contributed by atoms with E-state index in [0.717, 1.165) is 12.2 Å². The topological polar surface area (TPSA) is 99.9 Å². The largest absolute Gasteiger partial charge is 0.497 e. The summed E-state index contributed by atoms with van der Waals surface area (Å²) in [6.07, 6.45) is 2.16. The third kappa shape index (κ3) is 5.05. The van der Waals surface area contributed by atoms with Gasteiger partial charge in [0.15, 0.2) is 0 Å². The molecule has 0 spiro atoms. The summed E-state index contributed by atoms with van der Waals surface area (Å²) >= 11 is 0. The Kier molecular flexibility index (Phi) is 6.16. The lowest BCUT2D eigenvalue weighted by atomic mass is 10.1. The number of rotatable bonds is 7. The summed E-state index contributed by atoms with van der Waals surface area (Å²) in [6.45, 7) is 0.667. The van der Waals surface area contributed by atoms with Gasteiger partial charge in [-0.05, 0) is 48.4 Å². The van der Waals surface area contributed by atoms with E-state index >= 15 is 0 Å². The summed E-state index contributed by atoms with van der Waals surface area (Å²) in [5.41, 5.74) is 2.55. The molecule has 0 bridgehead atoms. The van der Waals surface area contributed by atoms with Crippen LogP contribution in [0.5, 0.6) is 5.75 Å². The van der Waals surface area contributed by atoms with Crippen molar-refractivity contribution >= 4 is 17.4 Å². The summed E-state index contributed by atoms with van der Waals surface area (Å²) in [5, 5.41) is 14.8. The highest BCUT2D eigenvalue weighted by Gasteiger charge is 2.09. The molecular formula is C21H19N5O2. The van der Waals surface area contributed by atoms with E-state index < -0.39 is 0 Å². The van der Waals surface area contributed by atoms with Crippen LogP contribution in [-0.4, -0.2) is 29.5 Å². The van der Waals surface area contributed by atoms with E-state index in [1.807, 2.05) is 30.3 Å². The van der Waals surface area contributed by atoms with Gasteiger partial charge < -0.3 is 15.4 Å². The Labute approximate surface area is 163 Å². The lowest BCUT2D eigenvalue weighted by molar-refractivity contribution is 0.102. The van der Waals surface area contributed by atoms with Gasteiger partial charge in [0.2, 0.25) is 0 Å². The smallest absolute Gasteiger partial charge is 0.274 e. The van der Waals surface area contributed by atoms with Gasteiger partial charge >= 0.3 is 0 Å². The first-order valence-electron chi connectivity index (χ1n) is 8.68. The molecule has 0 fully saturated rings. The number of aromatic nitrogens is 2. The number of ether oxygens (including phenoxy) is 1. The normalized spacial score (nSPS) is 10.0. The van der Waals surface area contributed by atoms with Crippen LogP contribution < -0.4 is 15.4 Å². The van der Waals surface area contributed by atoms with Crippen molar-refractivity contribution in [3.63, 3.8) is 0 Å². The molecule has 0 unspecified atom stereocenters. The molecule has 3 aromatic rings. The molecule has 1 heterocycles. The first-order chi connectivity index (χ1) is 13.7. The Hall–Kier alpha value is -3.92. The van der Waals surface area contributed by atoms with Crippen LogP contribution in [0.15, 0.2) is 60.9 Å². The lowest BCUT2D eigenvalue weighted by Gasteiger charge is -2.08. The van der Waals surface area contributed by atoms with Gasteiger partial charge in [-0.3, -0.25) is 4.79 Å². The molecule has 0 aliphatic carbocycles. The third-order valence-corrected chi connectivity index (χ3v) is 4.05. The van der Waals surface area contributed by atoms with Crippen LogP contribution in [0.3, 0.4) is 0 Å². The van der Waals surface area contributed by atoms with E-state index in [1.165, 1.54) is 11.9 Å². The van der Waals surface area contributed by atoms with Gasteiger partial charge in [0, 0.05) is 18.3 Å². The van der Waals surface area contributed by atoms with E-state index in [-0.39, 0.29) is 11.6 Å². The molecule has 2 N–H and O–H groups in total. The number of hydrogen-bond donors (Lipinski definition) is 2. The predicted molar refractivity (Wildman–Crippen MR) is 106 cm³/mol. The second-order valence-corrected chi connectivity index (χ2v) is 5.96. The van der Waals surface area contributed by atoms with Crippen molar-refractivity contribution in [2.24, 2.45) is 0 Å². The maximum atomic E-state index is 12.4. The summed E-state index contributed by atoms with van der Waals surface area (Å²) in [5.74, 6) is 1.06. The molecule has 3 rings (SSSR count). The zero-order valence-corrected chi connectivity index (χ0v) is 15.3. The standard InChI is InChI=1S/C21H19N5O2/c1-28-18-8-4-15(5-9-18)10-11-23-20-12-19(24-14-25-20)21(27)26-17-6-2-16(13-22)3-7-17/h2-9,12,14H,10-11H2,1H3,(H,26,27)(H,23,24,25). The zero-order chi connectivity index (χ0) is 19.8. The minimum absolute atomic E-state index is 0.256. The molecule has 1 aromatic heterocycles. The molecule has 2 aromatic carbocycles. The van der Waals surface area contributed by atoms with Gasteiger partial charge in [0.1, 0.15) is 23.6 Å². The number of carbonyl (C=O) groups is 1. The van der Waals surface area contributed by atoms with E-state index in [4.69, 9.17) is 10.00 Å². The van der Waals surface area contributed by atoms with Crippen LogP contribution in [0.25, 0.3) is 0 Å². The zero-order valence-electron chi connectivity index (χ0n) is 15.3. The van der Waals surface area contributed by atoms with Crippen LogP contribution in [0, 0.1) is 11.3 Å². The molecule has 28 heavy (non-hydrogen) atoms. The Morgan fingerprint density at radius 1 is 1.11 bits per heavy atom. The van der Waals surface area contributed by atoms with Crippen molar-refractivity contribution in [3.8, 4) is 11.8 Å². The number of amides is 1. The van der Waals surface area contributed by atoms with Crippen LogP contribution in [0.4, 0.5) is 11.5 Å².